The second-order valence-electron chi connectivity index (χ2n) is 16.2. The monoisotopic (exact) mass is 728 g/mol. The molecular formula is C50H44N6. The number of hydrogen-bond donors (Lipinski definition) is 0. The first kappa shape index (κ1) is 36.3. The molecule has 6 heteroatoms. The summed E-state index contributed by atoms with van der Waals surface area (Å²) in [5.41, 5.74) is 12.1. The van der Waals surface area contributed by atoms with Crippen LogP contribution < -0.4 is 0 Å². The molecule has 0 atom stereocenters. The van der Waals surface area contributed by atoms with E-state index < -0.39 is 0 Å². The van der Waals surface area contributed by atoms with Crippen molar-refractivity contribution in [2.24, 2.45) is 0 Å². The van der Waals surface area contributed by atoms with Crippen LogP contribution in [0.15, 0.2) is 158 Å². The summed E-state index contributed by atoms with van der Waals surface area (Å²) in [7, 11) is 0. The number of rotatable bonds is 7. The summed E-state index contributed by atoms with van der Waals surface area (Å²) in [6.07, 6.45) is 7.31. The molecule has 0 radical (unpaired) electrons. The van der Waals surface area contributed by atoms with Crippen LogP contribution in [-0.4, -0.2) is 29.9 Å². The van der Waals surface area contributed by atoms with E-state index in [1.807, 2.05) is 73.2 Å². The van der Waals surface area contributed by atoms with Crippen LogP contribution in [0, 0.1) is 0 Å². The van der Waals surface area contributed by atoms with Gasteiger partial charge in [0.05, 0.1) is 0 Å². The molecule has 0 bridgehead atoms. The van der Waals surface area contributed by atoms with Crippen LogP contribution in [0.1, 0.15) is 52.7 Å². The van der Waals surface area contributed by atoms with Gasteiger partial charge in [-0.25, -0.2) is 24.9 Å². The highest BCUT2D eigenvalue weighted by atomic mass is 15.0. The molecule has 0 amide bonds. The minimum atomic E-state index is -0.0540. The first-order chi connectivity index (χ1) is 27.0. The summed E-state index contributed by atoms with van der Waals surface area (Å²) in [5.74, 6) is 2.37. The number of hydrogen-bond acceptors (Lipinski definition) is 6. The Morgan fingerprint density at radius 1 is 0.339 bits per heavy atom. The van der Waals surface area contributed by atoms with Crippen molar-refractivity contribution in [3.63, 3.8) is 0 Å². The molecule has 0 aliphatic carbocycles. The lowest BCUT2D eigenvalue weighted by molar-refractivity contribution is 0.569. The van der Waals surface area contributed by atoms with Crippen LogP contribution in [0.2, 0.25) is 0 Å². The molecular weight excluding hydrogens is 685 g/mol. The molecule has 8 aromatic rings. The number of pyridine rings is 1. The lowest BCUT2D eigenvalue weighted by Gasteiger charge is -2.26. The molecule has 0 aliphatic heterocycles. The second kappa shape index (κ2) is 14.9. The van der Waals surface area contributed by atoms with E-state index in [2.05, 4.69) is 125 Å². The predicted molar refractivity (Wildman–Crippen MR) is 229 cm³/mol. The zero-order valence-electron chi connectivity index (χ0n) is 32.7. The molecule has 3 aromatic heterocycles. The largest absolute Gasteiger partial charge is 0.264 e. The number of nitrogens with zero attached hydrogens (tertiary/aromatic N) is 6. The van der Waals surface area contributed by atoms with Crippen molar-refractivity contribution in [1.29, 1.82) is 0 Å². The van der Waals surface area contributed by atoms with Crippen molar-refractivity contribution in [2.75, 3.05) is 0 Å². The topological polar surface area (TPSA) is 77.3 Å². The van der Waals surface area contributed by atoms with Crippen molar-refractivity contribution >= 4 is 0 Å². The molecule has 8 rings (SSSR count). The maximum atomic E-state index is 5.25. The normalized spacial score (nSPS) is 11.8. The van der Waals surface area contributed by atoms with Crippen LogP contribution in [0.5, 0.6) is 0 Å². The molecule has 274 valence electrons. The van der Waals surface area contributed by atoms with Gasteiger partial charge in [0.25, 0.3) is 0 Å². The van der Waals surface area contributed by atoms with Crippen molar-refractivity contribution < 1.29 is 0 Å². The fourth-order valence-corrected chi connectivity index (χ4v) is 6.76. The maximum absolute atomic E-state index is 5.25. The van der Waals surface area contributed by atoms with E-state index in [1.165, 1.54) is 11.1 Å². The fraction of sp³-hybridized carbons (Fsp3) is 0.160. The highest BCUT2D eigenvalue weighted by Crippen LogP contribution is 2.38. The van der Waals surface area contributed by atoms with E-state index in [0.717, 1.165) is 55.6 Å². The molecule has 3 heterocycles. The average molecular weight is 729 g/mol. The van der Waals surface area contributed by atoms with Crippen LogP contribution in [0.25, 0.3) is 78.9 Å². The summed E-state index contributed by atoms with van der Waals surface area (Å²) in [4.78, 5) is 29.6. The predicted octanol–water partition coefficient (Wildman–Crippen LogP) is 12.3. The smallest absolute Gasteiger partial charge is 0.164 e. The highest BCUT2D eigenvalue weighted by molar-refractivity contribution is 5.83. The van der Waals surface area contributed by atoms with E-state index in [1.54, 1.807) is 6.20 Å². The fourth-order valence-electron chi connectivity index (χ4n) is 6.76. The Morgan fingerprint density at radius 3 is 1.41 bits per heavy atom. The van der Waals surface area contributed by atoms with Gasteiger partial charge in [-0.2, -0.15) is 0 Å². The molecule has 0 N–H and O–H groups in total. The third-order valence-corrected chi connectivity index (χ3v) is 10.0. The Bertz CT molecular complexity index is 2590. The molecule has 0 unspecified atom stereocenters. The van der Waals surface area contributed by atoms with Crippen molar-refractivity contribution in [1.82, 2.24) is 29.9 Å². The zero-order chi connectivity index (χ0) is 38.9. The summed E-state index contributed by atoms with van der Waals surface area (Å²) < 4.78 is 0. The van der Waals surface area contributed by atoms with Gasteiger partial charge < -0.3 is 0 Å². The van der Waals surface area contributed by atoms with Gasteiger partial charge in [0.15, 0.2) is 23.3 Å². The van der Waals surface area contributed by atoms with Crippen LogP contribution >= 0.6 is 0 Å². The SMILES string of the molecule is CC(C)(C)c1cc(-c2cc(-c3ncc(-c4cccnc4)cn3)cc(-c3nc(-c4ccccc4)nc(-c4ccccc4-c4ccccc4)n3)c2)cc(C(C)(C)C)c1. The molecule has 56 heavy (non-hydrogen) atoms. The molecule has 6 nitrogen and oxygen atoms in total. The quantitative estimate of drug-likeness (QED) is 0.163. The average Bonchev–Trinajstić information content (AvgIpc) is 3.23. The van der Waals surface area contributed by atoms with E-state index in [4.69, 9.17) is 24.9 Å². The number of aromatic nitrogens is 6. The summed E-state index contributed by atoms with van der Waals surface area (Å²) >= 11 is 0. The van der Waals surface area contributed by atoms with Crippen molar-refractivity contribution in [3.8, 4) is 78.9 Å². The van der Waals surface area contributed by atoms with Crippen LogP contribution in [0.3, 0.4) is 0 Å². The van der Waals surface area contributed by atoms with E-state index in [9.17, 15) is 0 Å². The Balaban J connectivity index is 1.36. The minimum absolute atomic E-state index is 0.0540. The van der Waals surface area contributed by atoms with Gasteiger partial charge in [-0.1, -0.05) is 151 Å². The summed E-state index contributed by atoms with van der Waals surface area (Å²) in [5, 5.41) is 0. The van der Waals surface area contributed by atoms with E-state index in [0.29, 0.717) is 23.3 Å². The highest BCUT2D eigenvalue weighted by Gasteiger charge is 2.23. The van der Waals surface area contributed by atoms with Gasteiger partial charge in [-0.15, -0.1) is 0 Å². The molecule has 0 aliphatic rings. The maximum Gasteiger partial charge on any atom is 0.164 e. The van der Waals surface area contributed by atoms with Gasteiger partial charge >= 0.3 is 0 Å². The van der Waals surface area contributed by atoms with Crippen molar-refractivity contribution in [3.05, 3.63) is 169 Å². The lowest BCUT2D eigenvalue weighted by Crippen LogP contribution is -2.16. The zero-order valence-corrected chi connectivity index (χ0v) is 32.7. The third kappa shape index (κ3) is 7.78. The van der Waals surface area contributed by atoms with Gasteiger partial charge in [-0.05, 0) is 68.5 Å². The van der Waals surface area contributed by atoms with E-state index in [-0.39, 0.29) is 10.8 Å². The number of benzene rings is 5. The summed E-state index contributed by atoms with van der Waals surface area (Å²) in [6, 6.07) is 46.2. The summed E-state index contributed by atoms with van der Waals surface area (Å²) in [6.45, 7) is 13.6. The van der Waals surface area contributed by atoms with Crippen LogP contribution in [0.4, 0.5) is 0 Å². The van der Waals surface area contributed by atoms with Gasteiger partial charge in [0.2, 0.25) is 0 Å². The van der Waals surface area contributed by atoms with Gasteiger partial charge in [0, 0.05) is 58.2 Å². The molecule has 0 spiro atoms. The molecule has 5 aromatic carbocycles. The molecule has 0 saturated carbocycles. The first-order valence-corrected chi connectivity index (χ1v) is 19.0. The Morgan fingerprint density at radius 2 is 0.821 bits per heavy atom. The third-order valence-electron chi connectivity index (χ3n) is 10.0. The van der Waals surface area contributed by atoms with Gasteiger partial charge in [-0.3, -0.25) is 4.98 Å². The lowest BCUT2D eigenvalue weighted by atomic mass is 9.78. The second-order valence-corrected chi connectivity index (χ2v) is 16.2. The van der Waals surface area contributed by atoms with Gasteiger partial charge in [0.1, 0.15) is 0 Å². The molecule has 0 saturated heterocycles. The van der Waals surface area contributed by atoms with Crippen LogP contribution in [-0.2, 0) is 10.8 Å². The molecule has 0 fully saturated rings. The Hall–Kier alpha value is -6.66. The minimum Gasteiger partial charge on any atom is -0.264 e. The Labute approximate surface area is 329 Å². The standard InChI is InChI=1S/C50H44N6/c1-49(2,3)41-27-37(28-42(29-41)50(4,5)6)36-24-38(45-52-31-40(32-53-45)35-20-15-23-51-30-35)26-39(25-36)47-54-46(34-18-11-8-12-19-34)55-48(56-47)44-22-14-13-21-43(44)33-16-9-7-10-17-33/h7-32H,1-6H3. The Kier molecular flexibility index (Phi) is 9.65. The first-order valence-electron chi connectivity index (χ1n) is 19.0. The van der Waals surface area contributed by atoms with Crippen molar-refractivity contribution in [2.45, 2.75) is 52.4 Å². The van der Waals surface area contributed by atoms with E-state index >= 15 is 0 Å².